The number of hydrogen-bond donors (Lipinski definition) is 1. The number of piperazine rings is 1. The van der Waals surface area contributed by atoms with Crippen molar-refractivity contribution in [2.45, 2.75) is 52.5 Å². The molecule has 1 aliphatic heterocycles. The van der Waals surface area contributed by atoms with Crippen LogP contribution >= 0.6 is 0 Å². The minimum atomic E-state index is 0.737. The molecule has 0 spiro atoms. The van der Waals surface area contributed by atoms with Gasteiger partial charge >= 0.3 is 0 Å². The van der Waals surface area contributed by atoms with Crippen molar-refractivity contribution in [2.75, 3.05) is 26.2 Å². The number of nitrogens with zero attached hydrogens (tertiary/aromatic N) is 1. The van der Waals surface area contributed by atoms with Crippen LogP contribution < -0.4 is 5.32 Å². The molecule has 2 nitrogen and oxygen atoms in total. The summed E-state index contributed by atoms with van der Waals surface area (Å²) in [5.74, 6) is 2.76. The highest BCUT2D eigenvalue weighted by molar-refractivity contribution is 4.83. The maximum absolute atomic E-state index is 3.67. The number of hydrogen-bond acceptors (Lipinski definition) is 2. The quantitative estimate of drug-likeness (QED) is 0.810. The summed E-state index contributed by atoms with van der Waals surface area (Å²) in [6, 6.07) is 0.737. The Balaban J connectivity index is 1.76. The van der Waals surface area contributed by atoms with Gasteiger partial charge in [-0.1, -0.05) is 33.6 Å². The average molecular weight is 238 g/mol. The fraction of sp³-hybridized carbons (Fsp3) is 1.00. The van der Waals surface area contributed by atoms with E-state index in [2.05, 4.69) is 31.0 Å². The molecule has 1 saturated heterocycles. The van der Waals surface area contributed by atoms with Gasteiger partial charge in [-0.25, -0.2) is 0 Å². The van der Waals surface area contributed by atoms with E-state index in [0.29, 0.717) is 0 Å². The topological polar surface area (TPSA) is 15.3 Å². The van der Waals surface area contributed by atoms with Crippen LogP contribution in [0.5, 0.6) is 0 Å². The largest absolute Gasteiger partial charge is 0.311 e. The summed E-state index contributed by atoms with van der Waals surface area (Å²) in [6.07, 6.45) is 5.73. The van der Waals surface area contributed by atoms with Gasteiger partial charge in [0.1, 0.15) is 0 Å². The molecule has 0 aromatic heterocycles. The van der Waals surface area contributed by atoms with Gasteiger partial charge < -0.3 is 10.2 Å². The average Bonchev–Trinajstić information content (AvgIpc) is 2.64. The molecule has 1 saturated carbocycles. The van der Waals surface area contributed by atoms with Crippen LogP contribution in [0, 0.1) is 17.8 Å². The predicted molar refractivity (Wildman–Crippen MR) is 74.2 cm³/mol. The zero-order valence-electron chi connectivity index (χ0n) is 11.9. The lowest BCUT2D eigenvalue weighted by Crippen LogP contribution is -2.52. The highest BCUT2D eigenvalue weighted by Gasteiger charge is 2.27. The molecule has 1 N–H and O–H groups in total. The zero-order chi connectivity index (χ0) is 12.3. The summed E-state index contributed by atoms with van der Waals surface area (Å²) in [5, 5.41) is 3.67. The summed E-state index contributed by atoms with van der Waals surface area (Å²) in [6.45, 7) is 12.2. The smallest absolute Gasteiger partial charge is 0.0198 e. The van der Waals surface area contributed by atoms with Crippen molar-refractivity contribution in [3.8, 4) is 0 Å². The van der Waals surface area contributed by atoms with Crippen molar-refractivity contribution in [1.29, 1.82) is 0 Å². The van der Waals surface area contributed by atoms with Gasteiger partial charge in [0.2, 0.25) is 0 Å². The fourth-order valence-corrected chi connectivity index (χ4v) is 3.61. The molecule has 0 bridgehead atoms. The van der Waals surface area contributed by atoms with E-state index >= 15 is 0 Å². The minimum Gasteiger partial charge on any atom is -0.311 e. The Morgan fingerprint density at radius 2 is 2.12 bits per heavy atom. The molecule has 2 fully saturated rings. The van der Waals surface area contributed by atoms with Crippen LogP contribution in [-0.2, 0) is 0 Å². The predicted octanol–water partition coefficient (Wildman–Crippen LogP) is 2.74. The molecule has 0 radical (unpaired) electrons. The van der Waals surface area contributed by atoms with E-state index in [1.807, 2.05) is 0 Å². The van der Waals surface area contributed by atoms with Crippen LogP contribution in [0.4, 0.5) is 0 Å². The molecule has 0 amide bonds. The monoisotopic (exact) mass is 238 g/mol. The highest BCUT2D eigenvalue weighted by atomic mass is 15.2. The Hall–Kier alpha value is -0.0800. The maximum atomic E-state index is 3.67. The summed E-state index contributed by atoms with van der Waals surface area (Å²) >= 11 is 0. The van der Waals surface area contributed by atoms with E-state index in [9.17, 15) is 0 Å². The van der Waals surface area contributed by atoms with Crippen LogP contribution in [0.3, 0.4) is 0 Å². The zero-order valence-corrected chi connectivity index (χ0v) is 11.9. The van der Waals surface area contributed by atoms with E-state index in [-0.39, 0.29) is 0 Å². The molecule has 0 aromatic rings. The molecule has 3 unspecified atom stereocenters. The second-order valence-corrected chi connectivity index (χ2v) is 6.71. The van der Waals surface area contributed by atoms with Gasteiger partial charge in [0, 0.05) is 32.2 Å². The lowest BCUT2D eigenvalue weighted by molar-refractivity contribution is 0.152. The van der Waals surface area contributed by atoms with Crippen LogP contribution in [0.1, 0.15) is 46.5 Å². The van der Waals surface area contributed by atoms with Gasteiger partial charge in [0.15, 0.2) is 0 Å². The summed E-state index contributed by atoms with van der Waals surface area (Å²) in [4.78, 5) is 2.72. The Labute approximate surface area is 107 Å². The molecule has 1 heterocycles. The second-order valence-electron chi connectivity index (χ2n) is 6.71. The normalized spacial score (nSPS) is 35.6. The third-order valence-electron chi connectivity index (χ3n) is 4.63. The first-order chi connectivity index (χ1) is 8.15. The lowest BCUT2D eigenvalue weighted by Gasteiger charge is -2.36. The molecule has 2 heteroatoms. The van der Waals surface area contributed by atoms with Crippen molar-refractivity contribution in [1.82, 2.24) is 10.2 Å². The minimum absolute atomic E-state index is 0.737. The first-order valence-corrected chi connectivity index (χ1v) is 7.61. The van der Waals surface area contributed by atoms with Crippen molar-refractivity contribution < 1.29 is 0 Å². The summed E-state index contributed by atoms with van der Waals surface area (Å²) in [7, 11) is 0. The van der Waals surface area contributed by atoms with Gasteiger partial charge in [-0.15, -0.1) is 0 Å². The molecular formula is C15H30N2. The van der Waals surface area contributed by atoms with E-state index in [1.54, 1.807) is 0 Å². The van der Waals surface area contributed by atoms with E-state index < -0.39 is 0 Å². The third-order valence-corrected chi connectivity index (χ3v) is 4.63. The number of rotatable bonds is 4. The number of nitrogens with one attached hydrogen (secondary N) is 1. The fourth-order valence-electron chi connectivity index (χ4n) is 3.61. The van der Waals surface area contributed by atoms with Crippen LogP contribution in [0.25, 0.3) is 0 Å². The van der Waals surface area contributed by atoms with Gasteiger partial charge in [0.05, 0.1) is 0 Å². The van der Waals surface area contributed by atoms with Crippen molar-refractivity contribution >= 4 is 0 Å². The van der Waals surface area contributed by atoms with E-state index in [0.717, 1.165) is 23.8 Å². The molecule has 0 aromatic carbocycles. The molecule has 100 valence electrons. The van der Waals surface area contributed by atoms with Crippen LogP contribution in [0.2, 0.25) is 0 Å². The van der Waals surface area contributed by atoms with Crippen LogP contribution in [-0.4, -0.2) is 37.1 Å². The molecule has 1 aliphatic carbocycles. The molecule has 17 heavy (non-hydrogen) atoms. The molecule has 3 atom stereocenters. The summed E-state index contributed by atoms with van der Waals surface area (Å²) < 4.78 is 0. The SMILES string of the molecule is CC(C)CC1CN(CC2CCCC2C)CCN1. The maximum Gasteiger partial charge on any atom is 0.0198 e. The second kappa shape index (κ2) is 6.19. The Kier molecular flexibility index (Phi) is 4.87. The highest BCUT2D eigenvalue weighted by Crippen LogP contribution is 2.31. The van der Waals surface area contributed by atoms with Gasteiger partial charge in [-0.2, -0.15) is 0 Å². The standard InChI is InChI=1S/C15H30N2/c1-12(2)9-15-11-17(8-7-16-15)10-14-6-4-5-13(14)3/h12-16H,4-11H2,1-3H3. The van der Waals surface area contributed by atoms with Gasteiger partial charge in [-0.05, 0) is 30.6 Å². The summed E-state index contributed by atoms with van der Waals surface area (Å²) in [5.41, 5.74) is 0. The molecule has 2 rings (SSSR count). The Morgan fingerprint density at radius 3 is 2.76 bits per heavy atom. The third kappa shape index (κ3) is 3.96. The van der Waals surface area contributed by atoms with Crippen LogP contribution in [0.15, 0.2) is 0 Å². The van der Waals surface area contributed by atoms with Crippen molar-refractivity contribution in [3.63, 3.8) is 0 Å². The van der Waals surface area contributed by atoms with Gasteiger partial charge in [-0.3, -0.25) is 0 Å². The van der Waals surface area contributed by atoms with E-state index in [4.69, 9.17) is 0 Å². The van der Waals surface area contributed by atoms with Gasteiger partial charge in [0.25, 0.3) is 0 Å². The van der Waals surface area contributed by atoms with Crippen molar-refractivity contribution in [2.24, 2.45) is 17.8 Å². The lowest BCUT2D eigenvalue weighted by atomic mass is 9.96. The van der Waals surface area contributed by atoms with E-state index in [1.165, 1.54) is 51.9 Å². The molecular weight excluding hydrogens is 208 g/mol. The first kappa shape index (κ1) is 13.4. The Morgan fingerprint density at radius 1 is 1.29 bits per heavy atom. The molecule has 2 aliphatic rings. The Bertz CT molecular complexity index is 227. The first-order valence-electron chi connectivity index (χ1n) is 7.61. The van der Waals surface area contributed by atoms with Crippen molar-refractivity contribution in [3.05, 3.63) is 0 Å².